The molecule has 2 amide bonds. The van der Waals surface area contributed by atoms with Crippen LogP contribution in [0.1, 0.15) is 42.4 Å². The molecule has 6 N–H and O–H groups in total. The molecule has 0 spiro atoms. The van der Waals surface area contributed by atoms with Crippen LogP contribution in [-0.2, 0) is 35.3 Å². The van der Waals surface area contributed by atoms with Crippen molar-refractivity contribution in [2.24, 2.45) is 5.73 Å². The van der Waals surface area contributed by atoms with E-state index in [-0.39, 0.29) is 31.3 Å². The third-order valence-corrected chi connectivity index (χ3v) is 6.78. The van der Waals surface area contributed by atoms with E-state index in [0.717, 1.165) is 11.1 Å². The first kappa shape index (κ1) is 38.2. The number of carboxylic acid groups (broad SMARTS) is 1. The molecule has 0 radical (unpaired) electrons. The van der Waals surface area contributed by atoms with Gasteiger partial charge in [-0.3, -0.25) is 24.7 Å². The number of aliphatic carboxylic acids is 1. The number of nitrogens with zero attached hydrogens (tertiary/aromatic N) is 1. The van der Waals surface area contributed by atoms with Gasteiger partial charge >= 0.3 is 30.3 Å². The van der Waals surface area contributed by atoms with E-state index in [2.05, 4.69) is 15.4 Å². The summed E-state index contributed by atoms with van der Waals surface area (Å²) in [7, 11) is 0. The minimum absolute atomic E-state index is 0.0804. The lowest BCUT2D eigenvalue weighted by Crippen LogP contribution is -2.56. The Balaban J connectivity index is 0.000000984. The summed E-state index contributed by atoms with van der Waals surface area (Å²) in [5.41, 5.74) is 7.67. The average molecular weight is 676 g/mol. The minimum Gasteiger partial charge on any atom is -0.475 e. The second-order valence-corrected chi connectivity index (χ2v) is 10.2. The zero-order valence-electron chi connectivity index (χ0n) is 24.7. The van der Waals surface area contributed by atoms with E-state index in [0.29, 0.717) is 12.0 Å². The Morgan fingerprint density at radius 2 is 1.57 bits per heavy atom. The van der Waals surface area contributed by atoms with Crippen LogP contribution in [0.3, 0.4) is 0 Å². The molecule has 1 fully saturated rings. The fourth-order valence-electron chi connectivity index (χ4n) is 4.38. The van der Waals surface area contributed by atoms with Crippen molar-refractivity contribution in [3.05, 3.63) is 71.3 Å². The summed E-state index contributed by atoms with van der Waals surface area (Å²) in [6.45, 7) is 1.09. The molecule has 3 rings (SSSR count). The van der Waals surface area contributed by atoms with Crippen molar-refractivity contribution in [2.75, 3.05) is 13.1 Å². The van der Waals surface area contributed by atoms with Crippen LogP contribution < -0.4 is 16.4 Å². The summed E-state index contributed by atoms with van der Waals surface area (Å²) in [6.07, 6.45) is -9.68. The van der Waals surface area contributed by atoms with E-state index >= 15 is 0 Å². The van der Waals surface area contributed by atoms with Gasteiger partial charge < -0.3 is 26.2 Å². The van der Waals surface area contributed by atoms with Crippen molar-refractivity contribution >= 4 is 35.6 Å². The van der Waals surface area contributed by atoms with Crippen molar-refractivity contribution < 1.29 is 60.2 Å². The van der Waals surface area contributed by atoms with Gasteiger partial charge in [0.05, 0.1) is 12.6 Å². The van der Waals surface area contributed by atoms with Gasteiger partial charge in [0.15, 0.2) is 0 Å². The number of likely N-dealkylation sites (tertiary alicyclic amines) is 1. The Labute approximate surface area is 263 Å². The number of nitrogen functional groups attached to an aromatic ring is 1. The third kappa shape index (κ3) is 12.4. The first-order valence-corrected chi connectivity index (χ1v) is 13.7. The largest absolute Gasteiger partial charge is 0.491 e. The van der Waals surface area contributed by atoms with Gasteiger partial charge in [0.1, 0.15) is 11.9 Å². The topological polar surface area (TPSA) is 192 Å². The number of nitrogens with two attached hydrogens (primary N) is 1. The van der Waals surface area contributed by atoms with Crippen LogP contribution in [-0.4, -0.2) is 83.1 Å². The highest BCUT2D eigenvalue weighted by atomic mass is 19.4. The van der Waals surface area contributed by atoms with Crippen LogP contribution in [0.15, 0.2) is 54.6 Å². The summed E-state index contributed by atoms with van der Waals surface area (Å²) in [6, 6.07) is 14.1. The fourth-order valence-corrected chi connectivity index (χ4v) is 4.38. The number of hydrogen-bond donors (Lipinski definition) is 5. The number of hydrogen-bond acceptors (Lipinski definition) is 8. The van der Waals surface area contributed by atoms with E-state index in [4.69, 9.17) is 21.0 Å². The Kier molecular flexibility index (Phi) is 13.4. The zero-order valence-corrected chi connectivity index (χ0v) is 24.7. The lowest BCUT2D eigenvalue weighted by Gasteiger charge is -2.38. The van der Waals surface area contributed by atoms with Crippen LogP contribution in [0, 0.1) is 5.41 Å². The maximum atomic E-state index is 13.3. The van der Waals surface area contributed by atoms with Gasteiger partial charge in [0.2, 0.25) is 11.8 Å². The molecule has 2 aromatic carbocycles. The van der Waals surface area contributed by atoms with Crippen LogP contribution in [0.4, 0.5) is 26.3 Å². The molecule has 0 aromatic heterocycles. The van der Waals surface area contributed by atoms with Crippen molar-refractivity contribution in [3.8, 4) is 0 Å². The molecule has 18 heteroatoms. The number of carbonyl (C=O) groups is 5. The molecule has 3 atom stereocenters. The zero-order chi connectivity index (χ0) is 35.5. The number of amides is 2. The van der Waals surface area contributed by atoms with Gasteiger partial charge in [-0.2, -0.15) is 26.3 Å². The van der Waals surface area contributed by atoms with Crippen molar-refractivity contribution in [2.45, 2.75) is 56.7 Å². The summed E-state index contributed by atoms with van der Waals surface area (Å²) < 4.78 is 73.2. The van der Waals surface area contributed by atoms with Gasteiger partial charge in [0, 0.05) is 18.7 Å². The summed E-state index contributed by atoms with van der Waals surface area (Å²) in [5.74, 6) is -8.06. The molecule has 0 saturated carbocycles. The second-order valence-electron chi connectivity index (χ2n) is 10.2. The highest BCUT2D eigenvalue weighted by Crippen LogP contribution is 2.32. The lowest BCUT2D eigenvalue weighted by molar-refractivity contribution is -0.202. The molecule has 1 heterocycles. The van der Waals surface area contributed by atoms with E-state index < -0.39 is 60.7 Å². The maximum Gasteiger partial charge on any atom is 0.491 e. The number of rotatable bonds is 9. The molecule has 0 aliphatic carbocycles. The first-order valence-electron chi connectivity index (χ1n) is 13.7. The molecule has 0 bridgehead atoms. The normalized spacial score (nSPS) is 17.3. The molecule has 12 nitrogen and oxygen atoms in total. The van der Waals surface area contributed by atoms with Crippen LogP contribution in [0.25, 0.3) is 0 Å². The molecule has 256 valence electrons. The minimum atomic E-state index is -5.33. The van der Waals surface area contributed by atoms with Gasteiger partial charge in [-0.15, -0.1) is 0 Å². The number of alkyl halides is 6. The lowest BCUT2D eigenvalue weighted by atomic mass is 9.85. The maximum absolute atomic E-state index is 13.3. The Morgan fingerprint density at radius 1 is 1.00 bits per heavy atom. The first-order chi connectivity index (χ1) is 21.8. The highest BCUT2D eigenvalue weighted by molar-refractivity contribution is 5.95. The van der Waals surface area contributed by atoms with Crippen LogP contribution in [0.5, 0.6) is 0 Å². The smallest absolute Gasteiger partial charge is 0.475 e. The van der Waals surface area contributed by atoms with E-state index in [1.165, 1.54) is 11.8 Å². The number of carbonyl (C=O) groups excluding carboxylic acids is 4. The van der Waals surface area contributed by atoms with Gasteiger partial charge in [0.25, 0.3) is 0 Å². The molecule has 0 unspecified atom stereocenters. The predicted molar refractivity (Wildman–Crippen MR) is 152 cm³/mol. The number of halogens is 6. The van der Waals surface area contributed by atoms with Gasteiger partial charge in [-0.1, -0.05) is 54.6 Å². The van der Waals surface area contributed by atoms with Crippen LogP contribution >= 0.6 is 0 Å². The average Bonchev–Trinajstić information content (AvgIpc) is 2.99. The van der Waals surface area contributed by atoms with Crippen molar-refractivity contribution in [1.29, 1.82) is 5.41 Å². The molecule has 1 aliphatic rings. The molecule has 47 heavy (non-hydrogen) atoms. The Hall–Kier alpha value is -5.00. The number of amidine groups is 1. The quantitative estimate of drug-likeness (QED) is 0.0874. The molecule has 1 aliphatic heterocycles. The van der Waals surface area contributed by atoms with Crippen molar-refractivity contribution in [3.63, 3.8) is 0 Å². The molecular formula is C29H31F6N5O7. The van der Waals surface area contributed by atoms with E-state index in [1.807, 2.05) is 30.3 Å². The van der Waals surface area contributed by atoms with E-state index in [9.17, 15) is 45.5 Å². The number of ether oxygens (including phenoxy) is 1. The molecule has 1 saturated heterocycles. The number of piperidine rings is 1. The number of esters is 2. The summed E-state index contributed by atoms with van der Waals surface area (Å²) in [5, 5.41) is 19.9. The Morgan fingerprint density at radius 3 is 2.09 bits per heavy atom. The molecular weight excluding hydrogens is 644 g/mol. The standard InChI is InChI=1S/C27H30F3N5O5.C2HF3O2/c1-16(24(37)33-14-17-7-9-19(10-8-17)23(31)32)34-25(38)21-13-20(18-5-3-2-4-6-18)11-12-35(21)15-22(36)40-26(39)27(28,29)30;3-2(4,5)1(6)7/h2-10,16,20-21H,11-15H2,1H3,(H3,31,32)(H,33,37)(H,34,38);(H,6,7)/t16-,20-,21+;/m0./s1. The Bertz CT molecular complexity index is 1440. The number of carboxylic acids is 1. The SMILES string of the molecule is C[C@H](NC(=O)[C@H]1C[C@@H](c2ccccc2)CCN1CC(=O)OC(=O)C(F)(F)F)C(=O)NCc1ccc(C(=N)N)cc1.O=C(O)C(F)(F)F. The highest BCUT2D eigenvalue weighted by Gasteiger charge is 2.43. The van der Waals surface area contributed by atoms with E-state index in [1.54, 1.807) is 24.3 Å². The van der Waals surface area contributed by atoms with Gasteiger partial charge in [-0.05, 0) is 36.8 Å². The summed E-state index contributed by atoms with van der Waals surface area (Å²) in [4.78, 5) is 59.4. The van der Waals surface area contributed by atoms with Crippen LogP contribution in [0.2, 0.25) is 0 Å². The van der Waals surface area contributed by atoms with Crippen molar-refractivity contribution in [1.82, 2.24) is 15.5 Å². The van der Waals surface area contributed by atoms with Gasteiger partial charge in [-0.25, -0.2) is 9.59 Å². The fraction of sp³-hybridized carbons (Fsp3) is 0.379. The summed E-state index contributed by atoms with van der Waals surface area (Å²) >= 11 is 0. The number of nitrogens with one attached hydrogen (secondary N) is 3. The predicted octanol–water partition coefficient (Wildman–Crippen LogP) is 2.61. The third-order valence-electron chi connectivity index (χ3n) is 6.78. The number of benzene rings is 2. The monoisotopic (exact) mass is 675 g/mol. The second kappa shape index (κ2) is 16.5. The molecule has 2 aromatic rings.